The fraction of sp³-hybridized carbons (Fsp3) is 0.241. The van der Waals surface area contributed by atoms with Gasteiger partial charge >= 0.3 is 6.61 Å². The number of hydrogen-bond acceptors (Lipinski definition) is 1. The normalized spacial score (nSPS) is 12.2. The van der Waals surface area contributed by atoms with Crippen molar-refractivity contribution in [2.75, 3.05) is 0 Å². The summed E-state index contributed by atoms with van der Waals surface area (Å²) in [6, 6.07) is 30.7. The van der Waals surface area contributed by atoms with Crippen LogP contribution in [0.2, 0.25) is 0 Å². The minimum Gasteiger partial charge on any atom is -0.435 e. The van der Waals surface area contributed by atoms with Crippen molar-refractivity contribution in [1.82, 2.24) is 0 Å². The average molecular weight is 431 g/mol. The summed E-state index contributed by atoms with van der Waals surface area (Å²) in [6.07, 6.45) is 4.55. The molecule has 0 bridgehead atoms. The van der Waals surface area contributed by atoms with Crippen molar-refractivity contribution in [3.63, 3.8) is 0 Å². The third-order valence-electron chi connectivity index (χ3n) is 6.00. The molecule has 0 N–H and O–H groups in total. The van der Waals surface area contributed by atoms with Crippen LogP contribution in [0.4, 0.5) is 8.78 Å². The Labute approximate surface area is 188 Å². The average Bonchev–Trinajstić information content (AvgIpc) is 2.82. The van der Waals surface area contributed by atoms with Gasteiger partial charge in [0.15, 0.2) is 0 Å². The van der Waals surface area contributed by atoms with E-state index in [0.29, 0.717) is 5.92 Å². The number of alkyl halides is 2. The van der Waals surface area contributed by atoms with Gasteiger partial charge in [-0.05, 0) is 63.9 Å². The third kappa shape index (κ3) is 5.53. The van der Waals surface area contributed by atoms with Crippen LogP contribution in [0.3, 0.4) is 0 Å². The minimum absolute atomic E-state index is 0.176. The molecule has 32 heavy (non-hydrogen) atoms. The molecule has 3 heteroatoms. The molecule has 0 aromatic heterocycles. The van der Waals surface area contributed by atoms with E-state index in [-0.39, 0.29) is 5.75 Å². The van der Waals surface area contributed by atoms with Gasteiger partial charge in [-0.1, -0.05) is 98.6 Å². The van der Waals surface area contributed by atoms with Gasteiger partial charge in [0.05, 0.1) is 0 Å². The quantitative estimate of drug-likeness (QED) is 0.258. The molecule has 4 rings (SSSR count). The third-order valence-corrected chi connectivity index (χ3v) is 6.00. The van der Waals surface area contributed by atoms with Crippen molar-refractivity contribution in [2.45, 2.75) is 45.1 Å². The first kappa shape index (κ1) is 22.0. The molecule has 0 aliphatic rings. The highest BCUT2D eigenvalue weighted by atomic mass is 19.3. The molecule has 1 nitrogen and oxygen atoms in total. The zero-order valence-corrected chi connectivity index (χ0v) is 18.3. The van der Waals surface area contributed by atoms with Gasteiger partial charge in [-0.15, -0.1) is 0 Å². The lowest BCUT2D eigenvalue weighted by Crippen LogP contribution is -2.03. The Morgan fingerprint density at radius 1 is 0.750 bits per heavy atom. The second kappa shape index (κ2) is 10.4. The summed E-state index contributed by atoms with van der Waals surface area (Å²) >= 11 is 0. The molecule has 0 aliphatic heterocycles. The molecule has 0 amide bonds. The van der Waals surface area contributed by atoms with Crippen molar-refractivity contribution in [2.24, 2.45) is 0 Å². The molecule has 4 aromatic carbocycles. The van der Waals surface area contributed by atoms with Gasteiger partial charge in [-0.3, -0.25) is 0 Å². The first-order valence-electron chi connectivity index (χ1n) is 11.3. The van der Waals surface area contributed by atoms with E-state index in [0.717, 1.165) is 24.0 Å². The number of halogens is 2. The summed E-state index contributed by atoms with van der Waals surface area (Å²) < 4.78 is 29.2. The monoisotopic (exact) mass is 430 g/mol. The van der Waals surface area contributed by atoms with E-state index in [1.165, 1.54) is 34.7 Å². The smallest absolute Gasteiger partial charge is 0.387 e. The molecule has 4 aromatic rings. The van der Waals surface area contributed by atoms with E-state index in [2.05, 4.69) is 78.4 Å². The highest BCUT2D eigenvalue weighted by Crippen LogP contribution is 2.30. The van der Waals surface area contributed by atoms with Crippen LogP contribution in [0.25, 0.3) is 21.9 Å². The van der Waals surface area contributed by atoms with E-state index >= 15 is 0 Å². The van der Waals surface area contributed by atoms with Gasteiger partial charge in [0.25, 0.3) is 0 Å². The molecule has 164 valence electrons. The number of benzene rings is 4. The lowest BCUT2D eigenvalue weighted by Gasteiger charge is -2.18. The molecular weight excluding hydrogens is 402 g/mol. The number of unbranched alkanes of at least 4 members (excludes halogenated alkanes) is 1. The van der Waals surface area contributed by atoms with Crippen LogP contribution in [0.15, 0.2) is 91.0 Å². The Bertz CT molecular complexity index is 1130. The number of rotatable bonds is 9. The predicted octanol–water partition coefficient (Wildman–Crippen LogP) is 8.62. The summed E-state index contributed by atoms with van der Waals surface area (Å²) in [4.78, 5) is 0. The second-order valence-corrected chi connectivity index (χ2v) is 8.25. The molecule has 0 saturated heterocycles. The Kier molecular flexibility index (Phi) is 7.16. The molecule has 0 fully saturated rings. The standard InChI is InChI=1S/C29H28F2O/c1-2-3-6-26(19-21-9-10-22-7-4-5-8-27(22)20-21)25-13-11-23(12-14-25)24-15-17-28(18-16-24)32-29(30)31/h4-5,7-18,20,26,29H,2-3,6,19H2,1H3. The first-order chi connectivity index (χ1) is 15.6. The summed E-state index contributed by atoms with van der Waals surface area (Å²) in [5, 5.41) is 2.56. The zero-order valence-electron chi connectivity index (χ0n) is 18.3. The molecule has 1 atom stereocenters. The molecular formula is C29H28F2O. The fourth-order valence-electron chi connectivity index (χ4n) is 4.26. The van der Waals surface area contributed by atoms with Crippen molar-refractivity contribution in [1.29, 1.82) is 0 Å². The highest BCUT2D eigenvalue weighted by molar-refractivity contribution is 5.83. The van der Waals surface area contributed by atoms with Crippen molar-refractivity contribution >= 4 is 10.8 Å². The Hall–Kier alpha value is -3.20. The Morgan fingerprint density at radius 2 is 1.41 bits per heavy atom. The topological polar surface area (TPSA) is 9.23 Å². The molecule has 0 heterocycles. The second-order valence-electron chi connectivity index (χ2n) is 8.25. The van der Waals surface area contributed by atoms with Crippen LogP contribution >= 0.6 is 0 Å². The summed E-state index contributed by atoms with van der Waals surface area (Å²) in [5.41, 5.74) is 4.76. The number of ether oxygens (including phenoxy) is 1. The maximum absolute atomic E-state index is 12.4. The van der Waals surface area contributed by atoms with Crippen LogP contribution in [0.1, 0.15) is 43.2 Å². The number of fused-ring (bicyclic) bond motifs is 1. The van der Waals surface area contributed by atoms with Crippen molar-refractivity contribution in [3.05, 3.63) is 102 Å². The van der Waals surface area contributed by atoms with E-state index in [1.54, 1.807) is 12.1 Å². The van der Waals surface area contributed by atoms with Crippen LogP contribution < -0.4 is 4.74 Å². The van der Waals surface area contributed by atoms with Crippen LogP contribution in [0, 0.1) is 0 Å². The predicted molar refractivity (Wildman–Crippen MR) is 128 cm³/mol. The zero-order chi connectivity index (χ0) is 22.3. The van der Waals surface area contributed by atoms with Gasteiger partial charge in [0, 0.05) is 0 Å². The van der Waals surface area contributed by atoms with Crippen molar-refractivity contribution < 1.29 is 13.5 Å². The highest BCUT2D eigenvalue weighted by Gasteiger charge is 2.13. The summed E-state index contributed by atoms with van der Waals surface area (Å²) in [7, 11) is 0. The van der Waals surface area contributed by atoms with Gasteiger partial charge in [-0.2, -0.15) is 8.78 Å². The fourth-order valence-corrected chi connectivity index (χ4v) is 4.26. The van der Waals surface area contributed by atoms with Gasteiger partial charge in [0.2, 0.25) is 0 Å². The van der Waals surface area contributed by atoms with Gasteiger partial charge in [0.1, 0.15) is 5.75 Å². The largest absolute Gasteiger partial charge is 0.435 e. The molecule has 0 saturated carbocycles. The van der Waals surface area contributed by atoms with Crippen LogP contribution in [-0.2, 0) is 6.42 Å². The molecule has 0 radical (unpaired) electrons. The van der Waals surface area contributed by atoms with Gasteiger partial charge in [-0.25, -0.2) is 0 Å². The summed E-state index contributed by atoms with van der Waals surface area (Å²) in [6.45, 7) is -0.569. The lowest BCUT2D eigenvalue weighted by molar-refractivity contribution is -0.0498. The van der Waals surface area contributed by atoms with E-state index in [1.807, 2.05) is 12.1 Å². The molecule has 1 unspecified atom stereocenters. The van der Waals surface area contributed by atoms with Gasteiger partial charge < -0.3 is 4.74 Å². The lowest BCUT2D eigenvalue weighted by atomic mass is 9.86. The van der Waals surface area contributed by atoms with Crippen LogP contribution in [-0.4, -0.2) is 6.61 Å². The van der Waals surface area contributed by atoms with Crippen LogP contribution in [0.5, 0.6) is 5.75 Å². The van der Waals surface area contributed by atoms with Crippen molar-refractivity contribution in [3.8, 4) is 16.9 Å². The van der Waals surface area contributed by atoms with E-state index < -0.39 is 6.61 Å². The summed E-state index contributed by atoms with van der Waals surface area (Å²) in [5.74, 6) is 0.641. The SMILES string of the molecule is CCCCC(Cc1ccc2ccccc2c1)c1ccc(-c2ccc(OC(F)F)cc2)cc1. The Morgan fingerprint density at radius 3 is 2.06 bits per heavy atom. The Balaban J connectivity index is 1.52. The first-order valence-corrected chi connectivity index (χ1v) is 11.3. The maximum atomic E-state index is 12.4. The van der Waals surface area contributed by atoms with E-state index in [9.17, 15) is 8.78 Å². The maximum Gasteiger partial charge on any atom is 0.387 e. The number of hydrogen-bond donors (Lipinski definition) is 0. The molecule has 0 spiro atoms. The van der Waals surface area contributed by atoms with E-state index in [4.69, 9.17) is 0 Å². The minimum atomic E-state index is -2.80. The molecule has 0 aliphatic carbocycles.